The van der Waals surface area contributed by atoms with Crippen LogP contribution in [0.1, 0.15) is 10.4 Å². The van der Waals surface area contributed by atoms with Crippen LogP contribution in [0, 0.1) is 0 Å². The molecule has 1 aromatic carbocycles. The molecule has 2 aromatic rings. The summed E-state index contributed by atoms with van der Waals surface area (Å²) in [6.45, 7) is 0.521. The first-order valence-electron chi connectivity index (χ1n) is 5.90. The molecule has 19 heavy (non-hydrogen) atoms. The number of aromatic nitrogens is 1. The molecule has 0 aliphatic heterocycles. The molecule has 4 nitrogen and oxygen atoms in total. The highest BCUT2D eigenvalue weighted by Gasteiger charge is 2.08. The monoisotopic (exact) mass is 274 g/mol. The van der Waals surface area contributed by atoms with Gasteiger partial charge >= 0.3 is 0 Å². The van der Waals surface area contributed by atoms with Crippen LogP contribution in [-0.4, -0.2) is 23.2 Å². The molecule has 1 aromatic heterocycles. The summed E-state index contributed by atoms with van der Waals surface area (Å²) in [6, 6.07) is 11.3. The summed E-state index contributed by atoms with van der Waals surface area (Å²) in [7, 11) is 0. The molecule has 2 rings (SSSR count). The molecule has 2 N–H and O–H groups in total. The molecular formula is C14H14N2O2S. The molecule has 1 heterocycles. The minimum absolute atomic E-state index is 0.146. The van der Waals surface area contributed by atoms with Crippen molar-refractivity contribution in [3.05, 3.63) is 64.6 Å². The average Bonchev–Trinajstić information content (AvgIpc) is 2.45. The molecule has 5 heteroatoms. The van der Waals surface area contributed by atoms with Crippen molar-refractivity contribution in [2.24, 2.45) is 0 Å². The summed E-state index contributed by atoms with van der Waals surface area (Å²) in [5, 5.41) is 2.73. The van der Waals surface area contributed by atoms with Crippen LogP contribution in [0.15, 0.2) is 58.5 Å². The third kappa shape index (κ3) is 3.99. The van der Waals surface area contributed by atoms with Crippen molar-refractivity contribution in [1.82, 2.24) is 10.3 Å². The van der Waals surface area contributed by atoms with Crippen molar-refractivity contribution in [3.8, 4) is 0 Å². The quantitative estimate of drug-likeness (QED) is 0.646. The van der Waals surface area contributed by atoms with Gasteiger partial charge in [-0.15, -0.1) is 11.8 Å². The number of rotatable bonds is 5. The van der Waals surface area contributed by atoms with E-state index in [0.29, 0.717) is 6.54 Å². The van der Waals surface area contributed by atoms with Gasteiger partial charge in [0.1, 0.15) is 5.56 Å². The Labute approximate surface area is 115 Å². The predicted molar refractivity (Wildman–Crippen MR) is 76.6 cm³/mol. The van der Waals surface area contributed by atoms with Crippen molar-refractivity contribution in [3.63, 3.8) is 0 Å². The Morgan fingerprint density at radius 2 is 2.00 bits per heavy atom. The van der Waals surface area contributed by atoms with E-state index in [1.807, 2.05) is 30.3 Å². The highest BCUT2D eigenvalue weighted by Crippen LogP contribution is 2.15. The van der Waals surface area contributed by atoms with Gasteiger partial charge in [-0.3, -0.25) is 9.59 Å². The summed E-state index contributed by atoms with van der Waals surface area (Å²) in [6.07, 6.45) is 2.92. The summed E-state index contributed by atoms with van der Waals surface area (Å²) in [4.78, 5) is 27.1. The van der Waals surface area contributed by atoms with Gasteiger partial charge in [0.2, 0.25) is 0 Å². The predicted octanol–water partition coefficient (Wildman–Crippen LogP) is 1.90. The molecule has 0 fully saturated rings. The average molecular weight is 274 g/mol. The van der Waals surface area contributed by atoms with Crippen LogP contribution >= 0.6 is 11.8 Å². The van der Waals surface area contributed by atoms with E-state index in [2.05, 4.69) is 10.3 Å². The molecule has 0 unspecified atom stereocenters. The van der Waals surface area contributed by atoms with Crippen LogP contribution in [0.3, 0.4) is 0 Å². The van der Waals surface area contributed by atoms with Gasteiger partial charge < -0.3 is 10.3 Å². The third-order valence-corrected chi connectivity index (χ3v) is 3.48. The van der Waals surface area contributed by atoms with E-state index >= 15 is 0 Å². The van der Waals surface area contributed by atoms with E-state index in [9.17, 15) is 9.59 Å². The minimum atomic E-state index is -0.337. The molecule has 0 spiro atoms. The van der Waals surface area contributed by atoms with Gasteiger partial charge in [-0.1, -0.05) is 18.2 Å². The number of carbonyl (C=O) groups is 1. The fraction of sp³-hybridized carbons (Fsp3) is 0.143. The van der Waals surface area contributed by atoms with Crippen molar-refractivity contribution in [1.29, 1.82) is 0 Å². The van der Waals surface area contributed by atoms with E-state index in [1.165, 1.54) is 18.5 Å². The van der Waals surface area contributed by atoms with Crippen molar-refractivity contribution in [2.75, 3.05) is 12.3 Å². The summed E-state index contributed by atoms with van der Waals surface area (Å²) in [5.41, 5.74) is -0.126. The number of carbonyl (C=O) groups excluding carboxylic acids is 1. The largest absolute Gasteiger partial charge is 0.367 e. The first-order chi connectivity index (χ1) is 9.27. The van der Waals surface area contributed by atoms with Crippen LogP contribution in [0.2, 0.25) is 0 Å². The first kappa shape index (κ1) is 13.4. The highest BCUT2D eigenvalue weighted by atomic mass is 32.2. The third-order valence-electron chi connectivity index (χ3n) is 2.47. The zero-order valence-electron chi connectivity index (χ0n) is 10.3. The second-order valence-electron chi connectivity index (χ2n) is 3.84. The number of aromatic amines is 1. The molecule has 1 amide bonds. The van der Waals surface area contributed by atoms with Crippen LogP contribution in [-0.2, 0) is 0 Å². The van der Waals surface area contributed by atoms with Crippen LogP contribution in [0.4, 0.5) is 0 Å². The Bertz CT molecular complexity index is 596. The summed E-state index contributed by atoms with van der Waals surface area (Å²) >= 11 is 1.66. The lowest BCUT2D eigenvalue weighted by Gasteiger charge is -2.04. The van der Waals surface area contributed by atoms with Crippen LogP contribution in [0.5, 0.6) is 0 Å². The maximum Gasteiger partial charge on any atom is 0.256 e. The maximum atomic E-state index is 11.7. The Balaban J connectivity index is 1.79. The van der Waals surface area contributed by atoms with Gasteiger partial charge in [-0.25, -0.2) is 0 Å². The minimum Gasteiger partial charge on any atom is -0.367 e. The number of amides is 1. The number of nitrogens with one attached hydrogen (secondary N) is 2. The first-order valence-corrected chi connectivity index (χ1v) is 6.89. The van der Waals surface area contributed by atoms with Crippen molar-refractivity contribution in [2.45, 2.75) is 4.90 Å². The second-order valence-corrected chi connectivity index (χ2v) is 5.01. The lowest BCUT2D eigenvalue weighted by Crippen LogP contribution is -2.30. The second kappa shape index (κ2) is 6.80. The Kier molecular flexibility index (Phi) is 4.80. The lowest BCUT2D eigenvalue weighted by atomic mass is 10.2. The fourth-order valence-corrected chi connectivity index (χ4v) is 2.33. The van der Waals surface area contributed by atoms with Gasteiger partial charge in [-0.05, 0) is 12.1 Å². The van der Waals surface area contributed by atoms with Crippen LogP contribution < -0.4 is 10.7 Å². The number of hydrogen-bond donors (Lipinski definition) is 2. The SMILES string of the molecule is O=C(NCCSc1ccccc1)c1c[nH]ccc1=O. The van der Waals surface area contributed by atoms with Crippen molar-refractivity contribution < 1.29 is 4.79 Å². The molecule has 0 saturated carbocycles. The fourth-order valence-electron chi connectivity index (χ4n) is 1.54. The van der Waals surface area contributed by atoms with Crippen molar-refractivity contribution >= 4 is 17.7 Å². The van der Waals surface area contributed by atoms with E-state index < -0.39 is 0 Å². The highest BCUT2D eigenvalue weighted by molar-refractivity contribution is 7.99. The molecule has 0 aliphatic rings. The normalized spacial score (nSPS) is 10.1. The van der Waals surface area contributed by atoms with Gasteiger partial charge in [0, 0.05) is 35.7 Å². The Morgan fingerprint density at radius 1 is 1.21 bits per heavy atom. The summed E-state index contributed by atoms with van der Waals surface area (Å²) in [5.74, 6) is 0.427. The van der Waals surface area contributed by atoms with E-state index in [4.69, 9.17) is 0 Å². The molecule has 0 aliphatic carbocycles. The molecular weight excluding hydrogens is 260 g/mol. The van der Waals surface area contributed by atoms with Gasteiger partial charge in [-0.2, -0.15) is 0 Å². The number of pyridine rings is 1. The maximum absolute atomic E-state index is 11.7. The zero-order valence-corrected chi connectivity index (χ0v) is 11.1. The number of thioether (sulfide) groups is 1. The van der Waals surface area contributed by atoms with Gasteiger partial charge in [0.25, 0.3) is 5.91 Å². The standard InChI is InChI=1S/C14H14N2O2S/c17-13-6-7-15-10-12(13)14(18)16-8-9-19-11-4-2-1-3-5-11/h1-7,10H,8-9H2,(H,15,17)(H,16,18). The summed E-state index contributed by atoms with van der Waals surface area (Å²) < 4.78 is 0. The van der Waals surface area contributed by atoms with Gasteiger partial charge in [0.15, 0.2) is 5.43 Å². The van der Waals surface area contributed by atoms with Crippen LogP contribution in [0.25, 0.3) is 0 Å². The molecule has 0 radical (unpaired) electrons. The zero-order chi connectivity index (χ0) is 13.5. The lowest BCUT2D eigenvalue weighted by molar-refractivity contribution is 0.0955. The number of hydrogen-bond acceptors (Lipinski definition) is 3. The molecule has 98 valence electrons. The molecule has 0 atom stereocenters. The number of H-pyrrole nitrogens is 1. The van der Waals surface area contributed by atoms with Gasteiger partial charge in [0.05, 0.1) is 0 Å². The van der Waals surface area contributed by atoms with E-state index in [-0.39, 0.29) is 16.9 Å². The van der Waals surface area contributed by atoms with E-state index in [0.717, 1.165) is 10.6 Å². The Hall–Kier alpha value is -2.01. The smallest absolute Gasteiger partial charge is 0.256 e. The number of benzene rings is 1. The molecule has 0 saturated heterocycles. The topological polar surface area (TPSA) is 62.0 Å². The molecule has 0 bridgehead atoms. The Morgan fingerprint density at radius 3 is 2.74 bits per heavy atom. The van der Waals surface area contributed by atoms with E-state index in [1.54, 1.807) is 11.8 Å².